The molecule has 0 aromatic heterocycles. The maximum Gasteiger partial charge on any atom is 0.136 e. The number of aliphatic hydroxyl groups excluding tert-OH is 1. The van der Waals surface area contributed by atoms with E-state index in [1.165, 1.54) is 0 Å². The summed E-state index contributed by atoms with van der Waals surface area (Å²) in [5.41, 5.74) is -3.78. The van der Waals surface area contributed by atoms with Crippen molar-refractivity contribution < 1.29 is 34.3 Å². The van der Waals surface area contributed by atoms with Crippen LogP contribution >= 0.6 is 0 Å². The van der Waals surface area contributed by atoms with E-state index in [4.69, 9.17) is 18.9 Å². The highest BCUT2D eigenvalue weighted by atomic mass is 16.5. The van der Waals surface area contributed by atoms with Gasteiger partial charge in [-0.3, -0.25) is 4.90 Å². The Morgan fingerprint density at radius 2 is 1.79 bits per heavy atom. The van der Waals surface area contributed by atoms with Gasteiger partial charge in [-0.25, -0.2) is 0 Å². The smallest absolute Gasteiger partial charge is 0.136 e. The molecular formula is C25H41NO7. The monoisotopic (exact) mass is 467 g/mol. The predicted octanol–water partition coefficient (Wildman–Crippen LogP) is 0.271. The number of ether oxygens (including phenoxy) is 4. The lowest BCUT2D eigenvalue weighted by Gasteiger charge is -2.70. The topological polar surface area (TPSA) is 101 Å². The third-order valence-electron chi connectivity index (χ3n) is 11.6. The summed E-state index contributed by atoms with van der Waals surface area (Å²) in [6.07, 6.45) is 1.81. The van der Waals surface area contributed by atoms with Gasteiger partial charge in [0.15, 0.2) is 0 Å². The van der Waals surface area contributed by atoms with Crippen LogP contribution in [0.2, 0.25) is 0 Å². The van der Waals surface area contributed by atoms with Gasteiger partial charge in [0.05, 0.1) is 37.1 Å². The van der Waals surface area contributed by atoms with Crippen LogP contribution in [0, 0.1) is 34.5 Å². The van der Waals surface area contributed by atoms with Crippen molar-refractivity contribution in [3.63, 3.8) is 0 Å². The van der Waals surface area contributed by atoms with E-state index in [-0.39, 0.29) is 54.6 Å². The third-order valence-corrected chi connectivity index (χ3v) is 11.6. The van der Waals surface area contributed by atoms with Crippen LogP contribution in [0.3, 0.4) is 0 Å². The van der Waals surface area contributed by atoms with Crippen molar-refractivity contribution in [2.45, 2.75) is 74.3 Å². The molecule has 1 heterocycles. The second-order valence-electron chi connectivity index (χ2n) is 11.8. The molecule has 0 radical (unpaired) electrons. The number of hydrogen-bond acceptors (Lipinski definition) is 8. The minimum absolute atomic E-state index is 0.0443. The number of rotatable bonds is 6. The van der Waals surface area contributed by atoms with Crippen LogP contribution in [-0.4, -0.2) is 110 Å². The number of piperidine rings is 1. The number of methoxy groups -OCH3 is 4. The predicted molar refractivity (Wildman–Crippen MR) is 119 cm³/mol. The van der Waals surface area contributed by atoms with E-state index in [9.17, 15) is 15.3 Å². The fourth-order valence-electron chi connectivity index (χ4n) is 11.0. The highest BCUT2D eigenvalue weighted by molar-refractivity contribution is 5.41. The highest BCUT2D eigenvalue weighted by Gasteiger charge is 2.91. The zero-order chi connectivity index (χ0) is 23.6. The SMILES string of the molecule is CCN1C[C@]2(CO)CC[C@H](OC)[C@]34[C@@H]5C[C@H]6[C@H](OC)[C@@H]5[C@](O)(C[C@@H]6OC)[C@](O)([C@@H](OC)[C@@H]23)[C@@H]14. The molecule has 3 N–H and O–H groups in total. The maximum atomic E-state index is 13.0. The van der Waals surface area contributed by atoms with Crippen molar-refractivity contribution >= 4 is 0 Å². The van der Waals surface area contributed by atoms with Crippen molar-refractivity contribution in [2.75, 3.05) is 48.1 Å². The molecule has 33 heavy (non-hydrogen) atoms. The van der Waals surface area contributed by atoms with Gasteiger partial charge in [0.25, 0.3) is 0 Å². The van der Waals surface area contributed by atoms with Gasteiger partial charge in [0.1, 0.15) is 11.2 Å². The first-order valence-corrected chi connectivity index (χ1v) is 12.7. The zero-order valence-electron chi connectivity index (χ0n) is 20.6. The number of aliphatic hydroxyl groups is 3. The van der Waals surface area contributed by atoms with Crippen molar-refractivity contribution in [2.24, 2.45) is 34.5 Å². The van der Waals surface area contributed by atoms with E-state index in [1.807, 2.05) is 0 Å². The van der Waals surface area contributed by atoms with E-state index in [0.717, 1.165) is 25.8 Å². The average molecular weight is 468 g/mol. The number of likely N-dealkylation sites (N-methyl/N-ethyl adjacent to an activating group) is 1. The van der Waals surface area contributed by atoms with Crippen LogP contribution in [0.4, 0.5) is 0 Å². The molecule has 7 bridgehead atoms. The Morgan fingerprint density at radius 1 is 1.03 bits per heavy atom. The van der Waals surface area contributed by atoms with Crippen LogP contribution in [0.1, 0.15) is 32.6 Å². The minimum atomic E-state index is -1.52. The second-order valence-corrected chi connectivity index (χ2v) is 11.8. The first-order valence-electron chi connectivity index (χ1n) is 12.7. The van der Waals surface area contributed by atoms with E-state index in [2.05, 4.69) is 11.8 Å². The quantitative estimate of drug-likeness (QED) is 0.512. The normalized spacial score (nSPS) is 60.9. The molecule has 5 aliphatic carbocycles. The summed E-state index contributed by atoms with van der Waals surface area (Å²) in [6, 6.07) is -0.312. The number of hydrogen-bond donors (Lipinski definition) is 3. The zero-order valence-corrected chi connectivity index (χ0v) is 20.6. The van der Waals surface area contributed by atoms with Crippen LogP contribution in [0.15, 0.2) is 0 Å². The number of likely N-dealkylation sites (tertiary alicyclic amines) is 1. The molecular weight excluding hydrogens is 426 g/mol. The molecule has 6 fully saturated rings. The van der Waals surface area contributed by atoms with Gasteiger partial charge < -0.3 is 34.3 Å². The van der Waals surface area contributed by atoms with Gasteiger partial charge in [-0.2, -0.15) is 0 Å². The molecule has 8 nitrogen and oxygen atoms in total. The van der Waals surface area contributed by atoms with Gasteiger partial charge in [-0.15, -0.1) is 0 Å². The standard InChI is InChI=1S/C25H41NO7/c1-6-26-11-22(12-27)8-7-16(31-3)24-14-9-13-15(30-2)10-23(28,17(14)18(13)32-4)25(29,21(24)26)20(33-5)19(22)24/h13-21,27-29H,6-12H2,1-5H3/t13-,14-,15+,16+,17-,18+,19+,20+,21+,22+,23-,24-,25+/m1/s1. The summed E-state index contributed by atoms with van der Waals surface area (Å²) >= 11 is 0. The Hall–Kier alpha value is -0.320. The third kappa shape index (κ3) is 2.16. The van der Waals surface area contributed by atoms with Gasteiger partial charge in [0.2, 0.25) is 0 Å². The summed E-state index contributed by atoms with van der Waals surface area (Å²) in [6.45, 7) is 3.59. The average Bonchev–Trinajstić information content (AvgIpc) is 3.24. The van der Waals surface area contributed by atoms with E-state index >= 15 is 0 Å². The molecule has 0 amide bonds. The number of fused-ring (bicyclic) bond motifs is 2. The van der Waals surface area contributed by atoms with Crippen LogP contribution in [0.25, 0.3) is 0 Å². The lowest BCUT2D eigenvalue weighted by molar-refractivity contribution is -0.320. The Morgan fingerprint density at radius 3 is 2.36 bits per heavy atom. The summed E-state index contributed by atoms with van der Waals surface area (Å²) in [5, 5.41) is 36.6. The fourth-order valence-corrected chi connectivity index (χ4v) is 11.0. The molecule has 188 valence electrons. The molecule has 6 aliphatic rings. The Bertz CT molecular complexity index is 814. The number of nitrogens with zero attached hydrogens (tertiary/aromatic N) is 1. The van der Waals surface area contributed by atoms with E-state index in [0.29, 0.717) is 13.0 Å². The molecule has 13 atom stereocenters. The van der Waals surface area contributed by atoms with Crippen molar-refractivity contribution in [1.29, 1.82) is 0 Å². The van der Waals surface area contributed by atoms with Gasteiger partial charge >= 0.3 is 0 Å². The molecule has 8 heteroatoms. The van der Waals surface area contributed by atoms with Gasteiger partial charge in [-0.1, -0.05) is 6.92 Å². The Kier molecular flexibility index (Phi) is 4.99. The van der Waals surface area contributed by atoms with Crippen molar-refractivity contribution in [3.05, 3.63) is 0 Å². The van der Waals surface area contributed by atoms with Crippen molar-refractivity contribution in [1.82, 2.24) is 4.90 Å². The first kappa shape index (κ1) is 23.1. The molecule has 6 rings (SSSR count). The first-order chi connectivity index (χ1) is 15.8. The van der Waals surface area contributed by atoms with Gasteiger partial charge in [0, 0.05) is 70.0 Å². The fraction of sp³-hybridized carbons (Fsp3) is 1.00. The van der Waals surface area contributed by atoms with E-state index < -0.39 is 28.1 Å². The minimum Gasteiger partial charge on any atom is -0.396 e. The summed E-state index contributed by atoms with van der Waals surface area (Å²) < 4.78 is 24.5. The second kappa shape index (κ2) is 7.13. The van der Waals surface area contributed by atoms with Crippen LogP contribution in [0.5, 0.6) is 0 Å². The van der Waals surface area contributed by atoms with E-state index in [1.54, 1.807) is 28.4 Å². The highest BCUT2D eigenvalue weighted by Crippen LogP contribution is 2.80. The summed E-state index contributed by atoms with van der Waals surface area (Å²) in [5.74, 6) is -0.0916. The molecule has 0 aromatic carbocycles. The summed E-state index contributed by atoms with van der Waals surface area (Å²) in [4.78, 5) is 2.33. The Labute approximate surface area is 196 Å². The lowest BCUT2D eigenvalue weighted by atomic mass is 9.42. The molecule has 5 saturated carbocycles. The molecule has 0 unspecified atom stereocenters. The molecule has 1 saturated heterocycles. The molecule has 1 aliphatic heterocycles. The maximum absolute atomic E-state index is 13.0. The molecule has 0 aromatic rings. The molecule has 1 spiro atoms. The van der Waals surface area contributed by atoms with Gasteiger partial charge in [-0.05, 0) is 31.7 Å². The largest absolute Gasteiger partial charge is 0.396 e. The van der Waals surface area contributed by atoms with Crippen LogP contribution < -0.4 is 0 Å². The Balaban J connectivity index is 1.68. The van der Waals surface area contributed by atoms with Crippen LogP contribution in [-0.2, 0) is 18.9 Å². The van der Waals surface area contributed by atoms with Crippen molar-refractivity contribution in [3.8, 4) is 0 Å². The lowest BCUT2D eigenvalue weighted by Crippen LogP contribution is -2.82. The summed E-state index contributed by atoms with van der Waals surface area (Å²) in [7, 11) is 6.85.